The lowest BCUT2D eigenvalue weighted by molar-refractivity contribution is 0.415. The van der Waals surface area contributed by atoms with Crippen molar-refractivity contribution in [3.8, 4) is 11.8 Å². The lowest BCUT2D eigenvalue weighted by Gasteiger charge is -2.30. The number of benzene rings is 2. The minimum Gasteiger partial charge on any atom is -0.497 e. The second-order valence-electron chi connectivity index (χ2n) is 8.41. The summed E-state index contributed by atoms with van der Waals surface area (Å²) in [5.74, 6) is 1.39. The van der Waals surface area contributed by atoms with Crippen molar-refractivity contribution >= 4 is 21.4 Å². The van der Waals surface area contributed by atoms with Crippen LogP contribution in [0, 0.1) is 17.2 Å². The molecular weight excluding hydrogens is 398 g/mol. The van der Waals surface area contributed by atoms with Crippen LogP contribution in [0.15, 0.2) is 42.5 Å². The zero-order valence-electron chi connectivity index (χ0n) is 17.0. The van der Waals surface area contributed by atoms with Crippen LogP contribution in [0.5, 0.6) is 5.75 Å². The quantitative estimate of drug-likeness (QED) is 0.731. The first-order valence-electron chi connectivity index (χ1n) is 10.5. The Morgan fingerprint density at radius 3 is 2.53 bits per heavy atom. The Balaban J connectivity index is 1.52. The molecule has 2 heterocycles. The molecule has 0 aromatic heterocycles. The van der Waals surface area contributed by atoms with E-state index in [0.717, 1.165) is 29.1 Å². The number of nitrogens with zero attached hydrogens (tertiary/aromatic N) is 3. The van der Waals surface area contributed by atoms with Crippen molar-refractivity contribution in [2.75, 3.05) is 35.2 Å². The van der Waals surface area contributed by atoms with Gasteiger partial charge >= 0.3 is 0 Å². The summed E-state index contributed by atoms with van der Waals surface area (Å²) in [5, 5.41) is 10.0. The van der Waals surface area contributed by atoms with Gasteiger partial charge in [0.15, 0.2) is 0 Å². The molecule has 2 atom stereocenters. The Morgan fingerprint density at radius 2 is 1.93 bits per heavy atom. The number of anilines is 2. The summed E-state index contributed by atoms with van der Waals surface area (Å²) in [4.78, 5) is 2.35. The third-order valence-electron chi connectivity index (χ3n) is 6.45. The Morgan fingerprint density at radius 1 is 1.17 bits per heavy atom. The standard InChI is InChI=1S/C23H25N3O3S/c1-29-19-9-10-20-21(14-24)23(25(22(20)13-19)15-16-3-4-16)17-5-7-18(8-6-17)26-11-2-12-30(26,27)28/h5-10,13,16,21,23H,2-4,11-12,15H2,1H3. The molecule has 1 aliphatic carbocycles. The van der Waals surface area contributed by atoms with Gasteiger partial charge in [0.2, 0.25) is 10.0 Å². The Bertz CT molecular complexity index is 1100. The normalized spacial score (nSPS) is 24.5. The summed E-state index contributed by atoms with van der Waals surface area (Å²) in [6, 6.07) is 16.1. The van der Waals surface area contributed by atoms with Gasteiger partial charge in [0.05, 0.1) is 36.6 Å². The number of sulfonamides is 1. The zero-order valence-corrected chi connectivity index (χ0v) is 17.8. The van der Waals surface area contributed by atoms with Crippen LogP contribution in [0.4, 0.5) is 11.4 Å². The largest absolute Gasteiger partial charge is 0.497 e. The van der Waals surface area contributed by atoms with E-state index in [4.69, 9.17) is 4.74 Å². The van der Waals surface area contributed by atoms with Gasteiger partial charge in [-0.1, -0.05) is 18.2 Å². The lowest BCUT2D eigenvalue weighted by atomic mass is 9.91. The van der Waals surface area contributed by atoms with Crippen LogP contribution in [-0.4, -0.2) is 34.4 Å². The number of hydrogen-bond donors (Lipinski definition) is 0. The van der Waals surface area contributed by atoms with E-state index in [2.05, 4.69) is 11.0 Å². The second-order valence-corrected chi connectivity index (χ2v) is 10.4. The molecule has 30 heavy (non-hydrogen) atoms. The van der Waals surface area contributed by atoms with Crippen LogP contribution in [0.1, 0.15) is 42.3 Å². The molecule has 0 radical (unpaired) electrons. The van der Waals surface area contributed by atoms with Crippen molar-refractivity contribution in [1.29, 1.82) is 5.26 Å². The topological polar surface area (TPSA) is 73.6 Å². The van der Waals surface area contributed by atoms with Crippen LogP contribution >= 0.6 is 0 Å². The van der Waals surface area contributed by atoms with E-state index >= 15 is 0 Å². The number of nitriles is 1. The molecule has 5 rings (SSSR count). The summed E-state index contributed by atoms with van der Waals surface area (Å²) < 4.78 is 31.4. The molecule has 1 saturated carbocycles. The van der Waals surface area contributed by atoms with E-state index in [1.807, 2.05) is 42.5 Å². The molecule has 3 aliphatic rings. The highest BCUT2D eigenvalue weighted by Crippen LogP contribution is 2.51. The predicted octanol–water partition coefficient (Wildman–Crippen LogP) is 3.81. The first-order chi connectivity index (χ1) is 14.5. The molecule has 0 amide bonds. The van der Waals surface area contributed by atoms with Gasteiger partial charge in [-0.25, -0.2) is 8.42 Å². The zero-order chi connectivity index (χ0) is 20.9. The summed E-state index contributed by atoms with van der Waals surface area (Å²) in [6.45, 7) is 1.45. The van der Waals surface area contributed by atoms with Gasteiger partial charge in [-0.05, 0) is 54.5 Å². The third-order valence-corrected chi connectivity index (χ3v) is 8.32. The minimum atomic E-state index is -3.20. The number of fused-ring (bicyclic) bond motifs is 1. The number of rotatable bonds is 5. The molecule has 2 aromatic rings. The average molecular weight is 424 g/mol. The smallest absolute Gasteiger partial charge is 0.235 e. The van der Waals surface area contributed by atoms with Gasteiger partial charge < -0.3 is 9.64 Å². The molecule has 2 aromatic carbocycles. The molecule has 2 unspecified atom stereocenters. The molecule has 0 spiro atoms. The van der Waals surface area contributed by atoms with Crippen molar-refractivity contribution < 1.29 is 13.2 Å². The highest BCUT2D eigenvalue weighted by Gasteiger charge is 2.42. The fraction of sp³-hybridized carbons (Fsp3) is 0.435. The highest BCUT2D eigenvalue weighted by atomic mass is 32.2. The monoisotopic (exact) mass is 423 g/mol. The van der Waals surface area contributed by atoms with Crippen molar-refractivity contribution in [3.63, 3.8) is 0 Å². The second kappa shape index (κ2) is 7.21. The van der Waals surface area contributed by atoms with Gasteiger partial charge in [0.1, 0.15) is 5.75 Å². The molecular formula is C23H25N3O3S. The molecule has 156 valence electrons. The fourth-order valence-electron chi connectivity index (χ4n) is 4.73. The van der Waals surface area contributed by atoms with E-state index in [1.165, 1.54) is 17.1 Å². The van der Waals surface area contributed by atoms with Crippen molar-refractivity contribution in [1.82, 2.24) is 0 Å². The van der Waals surface area contributed by atoms with Gasteiger partial charge in [0, 0.05) is 24.8 Å². The highest BCUT2D eigenvalue weighted by molar-refractivity contribution is 7.93. The van der Waals surface area contributed by atoms with Gasteiger partial charge in [0.25, 0.3) is 0 Å². The molecule has 2 aliphatic heterocycles. The molecule has 0 N–H and O–H groups in total. The molecule has 6 nitrogen and oxygen atoms in total. The lowest BCUT2D eigenvalue weighted by Crippen LogP contribution is -2.29. The average Bonchev–Trinajstić information content (AvgIpc) is 3.43. The minimum absolute atomic E-state index is 0.0815. The fourth-order valence-corrected chi connectivity index (χ4v) is 6.30. The maximum absolute atomic E-state index is 12.3. The van der Waals surface area contributed by atoms with E-state index in [1.54, 1.807) is 7.11 Å². The molecule has 2 fully saturated rings. The van der Waals surface area contributed by atoms with Crippen LogP contribution in [0.25, 0.3) is 0 Å². The number of methoxy groups -OCH3 is 1. The third kappa shape index (κ3) is 3.20. The SMILES string of the molecule is COc1ccc2c(c1)N(CC1CC1)C(c1ccc(N3CCCS3(=O)=O)cc1)C2C#N. The van der Waals surface area contributed by atoms with Crippen molar-refractivity contribution in [3.05, 3.63) is 53.6 Å². The summed E-state index contributed by atoms with van der Waals surface area (Å²) in [5.41, 5.74) is 3.85. The van der Waals surface area contributed by atoms with E-state index in [0.29, 0.717) is 24.6 Å². The molecule has 1 saturated heterocycles. The molecule has 0 bridgehead atoms. The van der Waals surface area contributed by atoms with Crippen molar-refractivity contribution in [2.24, 2.45) is 5.92 Å². The first kappa shape index (κ1) is 19.3. The maximum atomic E-state index is 12.3. The van der Waals surface area contributed by atoms with E-state index in [-0.39, 0.29) is 17.7 Å². The maximum Gasteiger partial charge on any atom is 0.235 e. The number of hydrogen-bond acceptors (Lipinski definition) is 5. The predicted molar refractivity (Wildman–Crippen MR) is 116 cm³/mol. The summed E-state index contributed by atoms with van der Waals surface area (Å²) in [7, 11) is -1.54. The molecule has 7 heteroatoms. The van der Waals surface area contributed by atoms with Gasteiger partial charge in [-0.15, -0.1) is 0 Å². The van der Waals surface area contributed by atoms with E-state index < -0.39 is 10.0 Å². The van der Waals surface area contributed by atoms with Gasteiger partial charge in [-0.3, -0.25) is 4.31 Å². The van der Waals surface area contributed by atoms with Crippen molar-refractivity contribution in [2.45, 2.75) is 31.2 Å². The first-order valence-corrected chi connectivity index (χ1v) is 12.1. The Hall–Kier alpha value is -2.72. The van der Waals surface area contributed by atoms with E-state index in [9.17, 15) is 13.7 Å². The Labute approximate surface area is 177 Å². The van der Waals surface area contributed by atoms with Crippen LogP contribution in [-0.2, 0) is 10.0 Å². The van der Waals surface area contributed by atoms with Gasteiger partial charge in [-0.2, -0.15) is 5.26 Å². The van der Waals surface area contributed by atoms with Crippen LogP contribution < -0.4 is 13.9 Å². The van der Waals surface area contributed by atoms with Crippen LogP contribution in [0.2, 0.25) is 0 Å². The number of ether oxygens (including phenoxy) is 1. The summed E-state index contributed by atoms with van der Waals surface area (Å²) in [6.07, 6.45) is 3.12. The van der Waals surface area contributed by atoms with Crippen LogP contribution in [0.3, 0.4) is 0 Å². The Kier molecular flexibility index (Phi) is 4.62. The summed E-state index contributed by atoms with van der Waals surface area (Å²) >= 11 is 0.